The molecule has 0 radical (unpaired) electrons. The van der Waals surface area contributed by atoms with Crippen molar-refractivity contribution < 1.29 is 4.79 Å². The van der Waals surface area contributed by atoms with Crippen molar-refractivity contribution in [3.05, 3.63) is 59.2 Å². The first-order valence-electron chi connectivity index (χ1n) is 8.33. The Morgan fingerprint density at radius 3 is 2.43 bits per heavy atom. The van der Waals surface area contributed by atoms with Crippen molar-refractivity contribution in [1.82, 2.24) is 0 Å². The fourth-order valence-electron chi connectivity index (χ4n) is 3.10. The highest BCUT2D eigenvalue weighted by Gasteiger charge is 2.12. The zero-order valence-electron chi connectivity index (χ0n) is 13.9. The number of nitrogens with one attached hydrogen (secondary N) is 1. The van der Waals surface area contributed by atoms with Crippen LogP contribution in [0.5, 0.6) is 0 Å². The molecule has 0 unspecified atom stereocenters. The van der Waals surface area contributed by atoms with Crippen LogP contribution < -0.4 is 10.2 Å². The highest BCUT2D eigenvalue weighted by atomic mass is 16.1. The summed E-state index contributed by atoms with van der Waals surface area (Å²) in [4.78, 5) is 14.7. The molecule has 3 rings (SSSR count). The van der Waals surface area contributed by atoms with Gasteiger partial charge in [0.05, 0.1) is 6.42 Å². The molecule has 1 aliphatic rings. The van der Waals surface area contributed by atoms with Crippen molar-refractivity contribution in [2.75, 3.05) is 23.3 Å². The molecular formula is C20H24N2O. The molecule has 3 nitrogen and oxygen atoms in total. The Morgan fingerprint density at radius 1 is 1.04 bits per heavy atom. The van der Waals surface area contributed by atoms with Gasteiger partial charge in [-0.15, -0.1) is 0 Å². The number of nitrogens with zero attached hydrogens (tertiary/aromatic N) is 1. The third-order valence-corrected chi connectivity index (χ3v) is 4.48. The maximum Gasteiger partial charge on any atom is 0.228 e. The van der Waals surface area contributed by atoms with E-state index in [1.807, 2.05) is 19.1 Å². The van der Waals surface area contributed by atoms with Crippen LogP contribution in [0.1, 0.15) is 29.5 Å². The summed E-state index contributed by atoms with van der Waals surface area (Å²) in [7, 11) is 0. The second-order valence-corrected chi connectivity index (χ2v) is 6.40. The summed E-state index contributed by atoms with van der Waals surface area (Å²) in [6.45, 7) is 6.38. The van der Waals surface area contributed by atoms with E-state index in [1.165, 1.54) is 24.1 Å². The zero-order chi connectivity index (χ0) is 16.2. The molecule has 0 saturated carbocycles. The van der Waals surface area contributed by atoms with Gasteiger partial charge in [0.1, 0.15) is 0 Å². The van der Waals surface area contributed by atoms with Gasteiger partial charge in [-0.25, -0.2) is 0 Å². The lowest BCUT2D eigenvalue weighted by Crippen LogP contribution is -2.18. The Kier molecular flexibility index (Phi) is 4.65. The standard InChI is InChI=1S/C20H24N2O/c1-15-5-6-16(2)17(13-15)14-20(23)21-18-7-9-19(10-8-18)22-11-3-4-12-22/h5-10,13H,3-4,11-12,14H2,1-2H3,(H,21,23). The largest absolute Gasteiger partial charge is 0.372 e. The molecule has 1 heterocycles. The number of carbonyl (C=O) groups is 1. The molecule has 0 atom stereocenters. The van der Waals surface area contributed by atoms with Crippen LogP contribution in [-0.4, -0.2) is 19.0 Å². The summed E-state index contributed by atoms with van der Waals surface area (Å²) >= 11 is 0. The smallest absolute Gasteiger partial charge is 0.228 e. The average Bonchev–Trinajstić information content (AvgIpc) is 3.06. The molecule has 3 heteroatoms. The first kappa shape index (κ1) is 15.6. The highest BCUT2D eigenvalue weighted by molar-refractivity contribution is 5.92. The second-order valence-electron chi connectivity index (χ2n) is 6.40. The Balaban J connectivity index is 1.62. The molecule has 0 bridgehead atoms. The summed E-state index contributed by atoms with van der Waals surface area (Å²) in [5.41, 5.74) is 5.55. The van der Waals surface area contributed by atoms with Crippen LogP contribution >= 0.6 is 0 Å². The van der Waals surface area contributed by atoms with Crippen LogP contribution in [0, 0.1) is 13.8 Å². The van der Waals surface area contributed by atoms with E-state index in [4.69, 9.17) is 0 Å². The Labute approximate surface area is 138 Å². The number of anilines is 2. The van der Waals surface area contributed by atoms with E-state index in [2.05, 4.69) is 47.5 Å². The Bertz CT molecular complexity index is 685. The number of hydrogen-bond donors (Lipinski definition) is 1. The topological polar surface area (TPSA) is 32.3 Å². The van der Waals surface area contributed by atoms with Crippen molar-refractivity contribution in [2.45, 2.75) is 33.1 Å². The number of benzene rings is 2. The monoisotopic (exact) mass is 308 g/mol. The third kappa shape index (κ3) is 3.92. The normalized spacial score (nSPS) is 14.1. The molecule has 1 saturated heterocycles. The second kappa shape index (κ2) is 6.86. The van der Waals surface area contributed by atoms with E-state index >= 15 is 0 Å². The maximum absolute atomic E-state index is 12.3. The first-order valence-corrected chi connectivity index (χ1v) is 8.33. The number of rotatable bonds is 4. The van der Waals surface area contributed by atoms with Crippen LogP contribution in [0.3, 0.4) is 0 Å². The van der Waals surface area contributed by atoms with Gasteiger partial charge < -0.3 is 10.2 Å². The minimum atomic E-state index is 0.0348. The lowest BCUT2D eigenvalue weighted by molar-refractivity contribution is -0.115. The summed E-state index contributed by atoms with van der Waals surface area (Å²) in [6.07, 6.45) is 2.96. The van der Waals surface area contributed by atoms with E-state index in [0.717, 1.165) is 29.9 Å². The minimum absolute atomic E-state index is 0.0348. The predicted octanol–water partition coefficient (Wildman–Crippen LogP) is 4.08. The Morgan fingerprint density at radius 2 is 1.74 bits per heavy atom. The SMILES string of the molecule is Cc1ccc(C)c(CC(=O)Nc2ccc(N3CCCC3)cc2)c1. The van der Waals surface area contributed by atoms with Crippen LogP contribution in [0.15, 0.2) is 42.5 Å². The highest BCUT2D eigenvalue weighted by Crippen LogP contribution is 2.22. The molecule has 1 amide bonds. The molecule has 2 aromatic carbocycles. The summed E-state index contributed by atoms with van der Waals surface area (Å²) in [5, 5.41) is 3.00. The van der Waals surface area contributed by atoms with Gasteiger partial charge in [0.15, 0.2) is 0 Å². The van der Waals surface area contributed by atoms with Crippen molar-refractivity contribution >= 4 is 17.3 Å². The molecular weight excluding hydrogens is 284 g/mol. The van der Waals surface area contributed by atoms with Gasteiger partial charge in [0.25, 0.3) is 0 Å². The maximum atomic E-state index is 12.3. The summed E-state index contributed by atoms with van der Waals surface area (Å²) < 4.78 is 0. The quantitative estimate of drug-likeness (QED) is 0.923. The van der Waals surface area contributed by atoms with Crippen molar-refractivity contribution in [3.8, 4) is 0 Å². The minimum Gasteiger partial charge on any atom is -0.372 e. The fraction of sp³-hybridized carbons (Fsp3) is 0.350. The predicted molar refractivity (Wildman–Crippen MR) is 96.1 cm³/mol. The molecule has 0 spiro atoms. The number of amides is 1. The van der Waals surface area contributed by atoms with Gasteiger partial charge in [-0.2, -0.15) is 0 Å². The molecule has 120 valence electrons. The molecule has 1 aliphatic heterocycles. The van der Waals surface area contributed by atoms with Crippen LogP contribution in [0.25, 0.3) is 0 Å². The van der Waals surface area contributed by atoms with Crippen LogP contribution in [0.4, 0.5) is 11.4 Å². The van der Waals surface area contributed by atoms with E-state index < -0.39 is 0 Å². The molecule has 2 aromatic rings. The van der Waals surface area contributed by atoms with Gasteiger partial charge in [0.2, 0.25) is 5.91 Å². The molecule has 0 aliphatic carbocycles. The van der Waals surface area contributed by atoms with E-state index in [-0.39, 0.29) is 5.91 Å². The van der Waals surface area contributed by atoms with Crippen molar-refractivity contribution in [2.24, 2.45) is 0 Å². The molecule has 1 fully saturated rings. The number of hydrogen-bond acceptors (Lipinski definition) is 2. The van der Waals surface area contributed by atoms with Gasteiger partial charge in [-0.1, -0.05) is 23.8 Å². The summed E-state index contributed by atoms with van der Waals surface area (Å²) in [5.74, 6) is 0.0348. The van der Waals surface area contributed by atoms with Crippen molar-refractivity contribution in [3.63, 3.8) is 0 Å². The fourth-order valence-corrected chi connectivity index (χ4v) is 3.10. The van der Waals surface area contributed by atoms with Gasteiger partial charge in [-0.05, 0) is 62.1 Å². The Hall–Kier alpha value is -2.29. The third-order valence-electron chi connectivity index (χ3n) is 4.48. The molecule has 1 N–H and O–H groups in total. The van der Waals surface area contributed by atoms with Crippen LogP contribution in [0.2, 0.25) is 0 Å². The van der Waals surface area contributed by atoms with Gasteiger partial charge in [0, 0.05) is 24.5 Å². The van der Waals surface area contributed by atoms with Crippen LogP contribution in [-0.2, 0) is 11.2 Å². The zero-order valence-corrected chi connectivity index (χ0v) is 13.9. The first-order chi connectivity index (χ1) is 11.1. The lowest BCUT2D eigenvalue weighted by Gasteiger charge is -2.17. The van der Waals surface area contributed by atoms with Crippen molar-refractivity contribution in [1.29, 1.82) is 0 Å². The summed E-state index contributed by atoms with van der Waals surface area (Å²) in [6, 6.07) is 14.4. The van der Waals surface area contributed by atoms with E-state index in [9.17, 15) is 4.79 Å². The van der Waals surface area contributed by atoms with E-state index in [1.54, 1.807) is 0 Å². The van der Waals surface area contributed by atoms with Gasteiger partial charge >= 0.3 is 0 Å². The van der Waals surface area contributed by atoms with E-state index in [0.29, 0.717) is 6.42 Å². The lowest BCUT2D eigenvalue weighted by atomic mass is 10.0. The average molecular weight is 308 g/mol. The molecule has 23 heavy (non-hydrogen) atoms. The number of aryl methyl sites for hydroxylation is 2. The number of carbonyl (C=O) groups excluding carboxylic acids is 1. The van der Waals surface area contributed by atoms with Gasteiger partial charge in [-0.3, -0.25) is 4.79 Å². The molecule has 0 aromatic heterocycles.